The first-order valence-electron chi connectivity index (χ1n) is 8.29. The molecule has 0 amide bonds. The minimum Gasteiger partial charge on any atom is -0.489 e. The van der Waals surface area contributed by atoms with Gasteiger partial charge >= 0.3 is 0 Å². The van der Waals surface area contributed by atoms with Crippen LogP contribution in [0.1, 0.15) is 5.56 Å². The molecule has 0 fully saturated rings. The molecular formula is C22H14BrClO3. The maximum atomic E-state index is 12.8. The van der Waals surface area contributed by atoms with Crippen LogP contribution >= 0.6 is 27.5 Å². The molecule has 4 aromatic rings. The lowest BCUT2D eigenvalue weighted by atomic mass is 10.1. The zero-order valence-electron chi connectivity index (χ0n) is 14.1. The third-order valence-corrected chi connectivity index (χ3v) is 5.00. The summed E-state index contributed by atoms with van der Waals surface area (Å²) in [7, 11) is 0. The van der Waals surface area contributed by atoms with Gasteiger partial charge in [-0.2, -0.15) is 0 Å². The van der Waals surface area contributed by atoms with E-state index in [4.69, 9.17) is 20.8 Å². The van der Waals surface area contributed by atoms with Crippen LogP contribution in [0.5, 0.6) is 5.75 Å². The van der Waals surface area contributed by atoms with E-state index in [0.29, 0.717) is 33.9 Å². The largest absolute Gasteiger partial charge is 0.489 e. The molecule has 0 saturated heterocycles. The van der Waals surface area contributed by atoms with Crippen molar-refractivity contribution in [2.24, 2.45) is 0 Å². The van der Waals surface area contributed by atoms with E-state index in [1.54, 1.807) is 42.5 Å². The second kappa shape index (κ2) is 7.59. The molecule has 0 saturated carbocycles. The van der Waals surface area contributed by atoms with Gasteiger partial charge in [-0.1, -0.05) is 51.8 Å². The van der Waals surface area contributed by atoms with Crippen LogP contribution in [0.15, 0.2) is 86.7 Å². The number of hydrogen-bond acceptors (Lipinski definition) is 3. The lowest BCUT2D eigenvalue weighted by molar-refractivity contribution is 0.306. The smallest absolute Gasteiger partial charge is 0.200 e. The third kappa shape index (κ3) is 3.92. The van der Waals surface area contributed by atoms with Gasteiger partial charge in [0.2, 0.25) is 0 Å². The first-order chi connectivity index (χ1) is 13.1. The molecule has 27 heavy (non-hydrogen) atoms. The highest BCUT2D eigenvalue weighted by molar-refractivity contribution is 9.10. The van der Waals surface area contributed by atoms with Crippen molar-refractivity contribution in [1.82, 2.24) is 0 Å². The van der Waals surface area contributed by atoms with Gasteiger partial charge < -0.3 is 9.15 Å². The molecule has 0 aliphatic carbocycles. The highest BCUT2D eigenvalue weighted by Gasteiger charge is 2.10. The summed E-state index contributed by atoms with van der Waals surface area (Å²) in [5.41, 5.74) is 2.73. The highest BCUT2D eigenvalue weighted by atomic mass is 79.9. The average molecular weight is 442 g/mol. The van der Waals surface area contributed by atoms with Crippen LogP contribution in [0.25, 0.3) is 22.1 Å². The molecule has 3 nitrogen and oxygen atoms in total. The molecule has 0 atom stereocenters. The molecule has 0 aliphatic heterocycles. The van der Waals surface area contributed by atoms with Crippen molar-refractivity contribution < 1.29 is 9.15 Å². The average Bonchev–Trinajstić information content (AvgIpc) is 2.69. The predicted molar refractivity (Wildman–Crippen MR) is 111 cm³/mol. The Hall–Kier alpha value is -2.56. The van der Waals surface area contributed by atoms with Gasteiger partial charge in [0.05, 0.1) is 10.9 Å². The maximum Gasteiger partial charge on any atom is 0.200 e. The number of hydrogen-bond donors (Lipinski definition) is 0. The summed E-state index contributed by atoms with van der Waals surface area (Å²) in [6.45, 7) is 0.436. The number of fused-ring (bicyclic) bond motifs is 1. The Bertz CT molecular complexity index is 1150. The Kier molecular flexibility index (Phi) is 5.01. The van der Waals surface area contributed by atoms with E-state index in [2.05, 4.69) is 15.9 Å². The van der Waals surface area contributed by atoms with E-state index < -0.39 is 0 Å². The Morgan fingerprint density at radius 3 is 2.44 bits per heavy atom. The minimum atomic E-state index is -0.0852. The molecule has 0 aliphatic rings. The van der Waals surface area contributed by atoms with Crippen molar-refractivity contribution in [1.29, 1.82) is 0 Å². The summed E-state index contributed by atoms with van der Waals surface area (Å²) in [6.07, 6.45) is 1.48. The van der Waals surface area contributed by atoms with Crippen LogP contribution in [0.4, 0.5) is 0 Å². The number of benzene rings is 3. The van der Waals surface area contributed by atoms with Crippen LogP contribution in [-0.4, -0.2) is 0 Å². The van der Waals surface area contributed by atoms with Gasteiger partial charge in [-0.25, -0.2) is 0 Å². The zero-order valence-corrected chi connectivity index (χ0v) is 16.5. The van der Waals surface area contributed by atoms with Crippen LogP contribution in [0.3, 0.4) is 0 Å². The lowest BCUT2D eigenvalue weighted by Crippen LogP contribution is -2.05. The van der Waals surface area contributed by atoms with Crippen molar-refractivity contribution in [2.45, 2.75) is 6.61 Å². The molecule has 1 aromatic heterocycles. The quantitative estimate of drug-likeness (QED) is 0.365. The van der Waals surface area contributed by atoms with Crippen LogP contribution in [-0.2, 0) is 6.61 Å². The minimum absolute atomic E-state index is 0.0852. The monoisotopic (exact) mass is 440 g/mol. The molecule has 0 N–H and O–H groups in total. The molecule has 0 spiro atoms. The second-order valence-electron chi connectivity index (χ2n) is 6.06. The fraction of sp³-hybridized carbons (Fsp3) is 0.0455. The first kappa shape index (κ1) is 17.8. The fourth-order valence-corrected chi connectivity index (χ4v) is 3.16. The van der Waals surface area contributed by atoms with Crippen molar-refractivity contribution in [3.8, 4) is 16.9 Å². The maximum absolute atomic E-state index is 12.8. The van der Waals surface area contributed by atoms with Crippen LogP contribution < -0.4 is 10.2 Å². The van der Waals surface area contributed by atoms with Crippen LogP contribution in [0, 0.1) is 0 Å². The number of ether oxygens (including phenoxy) is 1. The Morgan fingerprint density at radius 2 is 1.70 bits per heavy atom. The van der Waals surface area contributed by atoms with E-state index in [0.717, 1.165) is 15.6 Å². The SMILES string of the molecule is O=c1c(-c2ccc(Cl)cc2)coc2cc(OCc3ccc(Br)cc3)ccc12. The molecule has 1 heterocycles. The van der Waals surface area contributed by atoms with Gasteiger partial charge in [-0.05, 0) is 47.5 Å². The topological polar surface area (TPSA) is 39.4 Å². The molecule has 3 aromatic carbocycles. The van der Waals surface area contributed by atoms with Gasteiger partial charge in [0, 0.05) is 15.6 Å². The molecule has 134 valence electrons. The van der Waals surface area contributed by atoms with E-state index in [1.165, 1.54) is 6.26 Å². The normalized spacial score (nSPS) is 10.9. The van der Waals surface area contributed by atoms with Crippen LogP contribution in [0.2, 0.25) is 5.02 Å². The summed E-state index contributed by atoms with van der Waals surface area (Å²) in [6, 6.07) is 20.3. The highest BCUT2D eigenvalue weighted by Crippen LogP contribution is 2.24. The van der Waals surface area contributed by atoms with Crippen molar-refractivity contribution in [2.75, 3.05) is 0 Å². The summed E-state index contributed by atoms with van der Waals surface area (Å²) in [5.74, 6) is 0.646. The van der Waals surface area contributed by atoms with E-state index >= 15 is 0 Å². The zero-order chi connectivity index (χ0) is 18.8. The molecule has 0 bridgehead atoms. The van der Waals surface area contributed by atoms with Gasteiger partial charge in [0.25, 0.3) is 0 Å². The van der Waals surface area contributed by atoms with Crippen molar-refractivity contribution >= 4 is 38.5 Å². The van der Waals surface area contributed by atoms with Gasteiger partial charge in [0.1, 0.15) is 24.2 Å². The molecule has 0 unspecified atom stereocenters. The third-order valence-electron chi connectivity index (χ3n) is 4.22. The summed E-state index contributed by atoms with van der Waals surface area (Å²) in [5, 5.41) is 1.13. The first-order valence-corrected chi connectivity index (χ1v) is 9.46. The summed E-state index contributed by atoms with van der Waals surface area (Å²) in [4.78, 5) is 12.8. The number of halogens is 2. The van der Waals surface area contributed by atoms with E-state index in [9.17, 15) is 4.79 Å². The molecule has 4 rings (SSSR count). The van der Waals surface area contributed by atoms with E-state index in [-0.39, 0.29) is 5.43 Å². The molecular weight excluding hydrogens is 428 g/mol. The van der Waals surface area contributed by atoms with Crippen molar-refractivity contribution in [3.05, 3.63) is 98.3 Å². The molecule has 5 heteroatoms. The number of rotatable bonds is 4. The van der Waals surface area contributed by atoms with Gasteiger partial charge in [-0.15, -0.1) is 0 Å². The Labute approximate surface area is 169 Å². The predicted octanol–water partition coefficient (Wildman–Crippen LogP) is 6.45. The standard InChI is InChI=1S/C22H14BrClO3/c23-16-5-1-14(2-6-16)12-26-18-9-10-19-21(11-18)27-13-20(22(19)25)15-3-7-17(24)8-4-15/h1-11,13H,12H2. The van der Waals surface area contributed by atoms with Gasteiger partial charge in [0.15, 0.2) is 5.43 Å². The van der Waals surface area contributed by atoms with Gasteiger partial charge in [-0.3, -0.25) is 4.79 Å². The van der Waals surface area contributed by atoms with E-state index in [1.807, 2.05) is 24.3 Å². The fourth-order valence-electron chi connectivity index (χ4n) is 2.77. The molecule has 0 radical (unpaired) electrons. The van der Waals surface area contributed by atoms with Crippen molar-refractivity contribution in [3.63, 3.8) is 0 Å². The second-order valence-corrected chi connectivity index (χ2v) is 7.41. The lowest BCUT2D eigenvalue weighted by Gasteiger charge is -2.08. The summed E-state index contributed by atoms with van der Waals surface area (Å²) < 4.78 is 12.5. The summed E-state index contributed by atoms with van der Waals surface area (Å²) >= 11 is 9.33. The Balaban J connectivity index is 1.61. The Morgan fingerprint density at radius 1 is 0.963 bits per heavy atom.